The number of nitrogen functional groups attached to an aromatic ring is 1. The van der Waals surface area contributed by atoms with Gasteiger partial charge in [-0.25, -0.2) is 9.97 Å². The molecule has 0 aliphatic heterocycles. The number of hydrogen-bond acceptors (Lipinski definition) is 6. The second kappa shape index (κ2) is 10.8. The lowest BCUT2D eigenvalue weighted by atomic mass is 10.0. The molecule has 7 heteroatoms. The van der Waals surface area contributed by atoms with E-state index in [9.17, 15) is 4.79 Å². The van der Waals surface area contributed by atoms with E-state index in [0.29, 0.717) is 41.6 Å². The highest BCUT2D eigenvalue weighted by Gasteiger charge is 2.11. The van der Waals surface area contributed by atoms with Crippen molar-refractivity contribution < 1.29 is 9.53 Å². The number of benzene rings is 2. The highest BCUT2D eigenvalue weighted by molar-refractivity contribution is 6.33. The number of hydrogen-bond donors (Lipinski definition) is 2. The molecule has 0 fully saturated rings. The third-order valence-corrected chi connectivity index (χ3v) is 5.57. The topological polar surface area (TPSA) is 90.1 Å². The van der Waals surface area contributed by atoms with Crippen LogP contribution >= 0.6 is 11.6 Å². The van der Waals surface area contributed by atoms with Crippen molar-refractivity contribution in [3.63, 3.8) is 0 Å². The van der Waals surface area contributed by atoms with Gasteiger partial charge in [-0.3, -0.25) is 4.79 Å². The summed E-state index contributed by atoms with van der Waals surface area (Å²) in [5.74, 6) is 1.85. The third-order valence-electron chi connectivity index (χ3n) is 5.28. The van der Waals surface area contributed by atoms with Gasteiger partial charge in [-0.05, 0) is 47.2 Å². The Kier molecular flexibility index (Phi) is 7.85. The van der Waals surface area contributed by atoms with Crippen LogP contribution in [-0.4, -0.2) is 22.9 Å². The fourth-order valence-electron chi connectivity index (χ4n) is 3.46. The summed E-state index contributed by atoms with van der Waals surface area (Å²) in [6.45, 7) is 0.562. The number of Topliss-reactive ketones (excluding diaryl/α,β-unsaturated/α-hetero) is 1. The van der Waals surface area contributed by atoms with Crippen molar-refractivity contribution in [3.05, 3.63) is 88.7 Å². The van der Waals surface area contributed by atoms with E-state index in [4.69, 9.17) is 22.1 Å². The molecule has 0 aliphatic rings. The monoisotopic (exact) mass is 462 g/mol. The Morgan fingerprint density at radius 1 is 1.06 bits per heavy atom. The Morgan fingerprint density at radius 3 is 2.55 bits per heavy atom. The van der Waals surface area contributed by atoms with Crippen molar-refractivity contribution in [2.45, 2.75) is 26.8 Å². The summed E-state index contributed by atoms with van der Waals surface area (Å²) in [6.07, 6.45) is 4.23. The van der Waals surface area contributed by atoms with Gasteiger partial charge in [0.25, 0.3) is 0 Å². The highest BCUT2D eigenvalue weighted by atomic mass is 35.5. The third kappa shape index (κ3) is 5.79. The quantitative estimate of drug-likeness (QED) is 0.315. The van der Waals surface area contributed by atoms with Crippen LogP contribution in [0.1, 0.15) is 35.3 Å². The zero-order chi connectivity index (χ0) is 22.5. The lowest BCUT2D eigenvalue weighted by Crippen LogP contribution is -2.06. The standard InChI is InChI=1S/C25H23ClN4O2.CH4/c1-32-20-6-2-17(3-7-20)14-29-25-22(26)13-19(15-30-25)23(31)9-5-16-4-8-21-18(12-16)10-11-28-24(21)27;/h2-4,6-8,10-13,15H,5,9,14H2,1H3,(H2,27,28)(H,29,30);1H4. The summed E-state index contributed by atoms with van der Waals surface area (Å²) in [5, 5.41) is 5.54. The molecule has 0 aliphatic carbocycles. The molecule has 6 nitrogen and oxygen atoms in total. The molecule has 4 rings (SSSR count). The van der Waals surface area contributed by atoms with Crippen LogP contribution in [0.15, 0.2) is 67.0 Å². The number of nitrogens with zero attached hydrogens (tertiary/aromatic N) is 2. The van der Waals surface area contributed by atoms with Crippen LogP contribution in [0.4, 0.5) is 11.6 Å². The summed E-state index contributed by atoms with van der Waals surface area (Å²) in [5.41, 5.74) is 8.53. The minimum Gasteiger partial charge on any atom is -0.497 e. The first-order valence-corrected chi connectivity index (χ1v) is 10.6. The van der Waals surface area contributed by atoms with Crippen LogP contribution in [0.5, 0.6) is 5.75 Å². The van der Waals surface area contributed by atoms with E-state index in [2.05, 4.69) is 15.3 Å². The first kappa shape index (κ1) is 24.0. The molecule has 2 heterocycles. The molecule has 0 amide bonds. The molecule has 0 unspecified atom stereocenters. The number of pyridine rings is 2. The van der Waals surface area contributed by atoms with Crippen molar-refractivity contribution >= 4 is 39.8 Å². The van der Waals surface area contributed by atoms with Crippen molar-refractivity contribution in [3.8, 4) is 5.75 Å². The zero-order valence-corrected chi connectivity index (χ0v) is 18.4. The number of ether oxygens (including phenoxy) is 1. The van der Waals surface area contributed by atoms with Crippen LogP contribution in [0.3, 0.4) is 0 Å². The maximum absolute atomic E-state index is 12.7. The molecule has 0 bridgehead atoms. The van der Waals surface area contributed by atoms with Crippen LogP contribution in [0, 0.1) is 0 Å². The van der Waals surface area contributed by atoms with E-state index in [-0.39, 0.29) is 13.2 Å². The molecule has 0 atom stereocenters. The minimum absolute atomic E-state index is 0. The van der Waals surface area contributed by atoms with Crippen molar-refractivity contribution in [1.29, 1.82) is 0 Å². The van der Waals surface area contributed by atoms with E-state index in [0.717, 1.165) is 27.6 Å². The van der Waals surface area contributed by atoms with Crippen LogP contribution in [-0.2, 0) is 13.0 Å². The van der Waals surface area contributed by atoms with Crippen LogP contribution in [0.2, 0.25) is 5.02 Å². The van der Waals surface area contributed by atoms with Gasteiger partial charge in [0, 0.05) is 36.3 Å². The first-order chi connectivity index (χ1) is 15.5. The van der Waals surface area contributed by atoms with E-state index in [1.807, 2.05) is 48.5 Å². The predicted octanol–water partition coefficient (Wildman–Crippen LogP) is 5.94. The van der Waals surface area contributed by atoms with E-state index in [1.54, 1.807) is 25.6 Å². The van der Waals surface area contributed by atoms with E-state index < -0.39 is 0 Å². The summed E-state index contributed by atoms with van der Waals surface area (Å²) >= 11 is 6.37. The molecule has 0 saturated heterocycles. The Balaban J connectivity index is 0.00000306. The van der Waals surface area contributed by atoms with Gasteiger partial charge in [0.1, 0.15) is 17.4 Å². The maximum Gasteiger partial charge on any atom is 0.164 e. The normalized spacial score (nSPS) is 10.5. The number of halogens is 1. The van der Waals surface area contributed by atoms with Crippen molar-refractivity contribution in [2.75, 3.05) is 18.2 Å². The average Bonchev–Trinajstić information content (AvgIpc) is 2.82. The number of carbonyl (C=O) groups is 1. The Labute approximate surface area is 198 Å². The zero-order valence-electron chi connectivity index (χ0n) is 17.6. The summed E-state index contributed by atoms with van der Waals surface area (Å²) in [4.78, 5) is 21.1. The van der Waals surface area contributed by atoms with Gasteiger partial charge in [0.15, 0.2) is 5.78 Å². The SMILES string of the molecule is C.COc1ccc(CNc2ncc(C(=O)CCc3ccc4c(N)nccc4c3)cc2Cl)cc1. The Bertz CT molecular complexity index is 1260. The summed E-state index contributed by atoms with van der Waals surface area (Å²) < 4.78 is 5.16. The smallest absolute Gasteiger partial charge is 0.164 e. The fraction of sp³-hybridized carbons (Fsp3) is 0.192. The second-order valence-electron chi connectivity index (χ2n) is 7.43. The van der Waals surface area contributed by atoms with E-state index >= 15 is 0 Å². The van der Waals surface area contributed by atoms with Crippen LogP contribution < -0.4 is 15.8 Å². The van der Waals surface area contributed by atoms with Crippen LogP contribution in [0.25, 0.3) is 10.8 Å². The molecule has 3 N–H and O–H groups in total. The van der Waals surface area contributed by atoms with Gasteiger partial charge < -0.3 is 15.8 Å². The molecule has 0 radical (unpaired) electrons. The van der Waals surface area contributed by atoms with E-state index in [1.165, 1.54) is 0 Å². The van der Waals surface area contributed by atoms with Gasteiger partial charge >= 0.3 is 0 Å². The minimum atomic E-state index is -0.00422. The summed E-state index contributed by atoms with van der Waals surface area (Å²) in [6, 6.07) is 17.3. The Hall–Kier alpha value is -3.64. The number of aromatic nitrogens is 2. The molecule has 4 aromatic rings. The second-order valence-corrected chi connectivity index (χ2v) is 7.84. The molecular formula is C26H27ClN4O2. The molecule has 0 saturated carbocycles. The molecule has 0 spiro atoms. The van der Waals surface area contributed by atoms with Gasteiger partial charge in [0.2, 0.25) is 0 Å². The Morgan fingerprint density at radius 2 is 1.82 bits per heavy atom. The predicted molar refractivity (Wildman–Crippen MR) is 135 cm³/mol. The highest BCUT2D eigenvalue weighted by Crippen LogP contribution is 2.24. The number of anilines is 2. The number of carbonyl (C=O) groups excluding carboxylic acids is 1. The molecule has 33 heavy (non-hydrogen) atoms. The average molecular weight is 463 g/mol. The number of rotatable bonds is 8. The fourth-order valence-corrected chi connectivity index (χ4v) is 3.69. The number of methoxy groups -OCH3 is 1. The molecule has 2 aromatic carbocycles. The van der Waals surface area contributed by atoms with Gasteiger partial charge in [-0.2, -0.15) is 0 Å². The number of ketones is 1. The number of aryl methyl sites for hydroxylation is 1. The molecular weight excluding hydrogens is 436 g/mol. The number of nitrogens with two attached hydrogens (primary N) is 1. The molecule has 170 valence electrons. The largest absolute Gasteiger partial charge is 0.497 e. The maximum atomic E-state index is 12.7. The first-order valence-electron chi connectivity index (χ1n) is 10.2. The summed E-state index contributed by atoms with van der Waals surface area (Å²) in [7, 11) is 1.63. The van der Waals surface area contributed by atoms with Gasteiger partial charge in [-0.15, -0.1) is 0 Å². The number of fused-ring (bicyclic) bond motifs is 1. The number of nitrogens with one attached hydrogen (secondary N) is 1. The lowest BCUT2D eigenvalue weighted by molar-refractivity contribution is 0.0982. The lowest BCUT2D eigenvalue weighted by Gasteiger charge is -2.10. The van der Waals surface area contributed by atoms with Gasteiger partial charge in [0.05, 0.1) is 12.1 Å². The van der Waals surface area contributed by atoms with Crippen molar-refractivity contribution in [1.82, 2.24) is 9.97 Å². The van der Waals surface area contributed by atoms with Gasteiger partial charge in [-0.1, -0.05) is 49.4 Å². The molecule has 2 aromatic heterocycles. The van der Waals surface area contributed by atoms with Crippen molar-refractivity contribution in [2.24, 2.45) is 0 Å².